The summed E-state index contributed by atoms with van der Waals surface area (Å²) in [6.45, 7) is -1.23. The summed E-state index contributed by atoms with van der Waals surface area (Å²) >= 11 is 0. The van der Waals surface area contributed by atoms with E-state index in [0.717, 1.165) is 38.6 Å². The summed E-state index contributed by atoms with van der Waals surface area (Å²) in [5.74, 6) is -1.61. The molecule has 1 amide bonds. The molecule has 5 heteroatoms. The number of ether oxygens (including phenoxy) is 1. The number of carbonyl (C=O) groups excluding carboxylic acids is 1. The van der Waals surface area contributed by atoms with E-state index in [2.05, 4.69) is 5.32 Å². The number of carboxylic acids is 1. The van der Waals surface area contributed by atoms with Crippen LogP contribution in [0.15, 0.2) is 91.0 Å². The highest BCUT2D eigenvalue weighted by Gasteiger charge is 2.29. The van der Waals surface area contributed by atoms with Crippen molar-refractivity contribution in [2.45, 2.75) is 18.4 Å². The van der Waals surface area contributed by atoms with Gasteiger partial charge in [0.2, 0.25) is 0 Å². The molecule has 2 atom stereocenters. The predicted molar refractivity (Wildman–Crippen MR) is 127 cm³/mol. The molecule has 0 aromatic heterocycles. The van der Waals surface area contributed by atoms with Gasteiger partial charge in [0.25, 0.3) is 0 Å². The van der Waals surface area contributed by atoms with Crippen molar-refractivity contribution >= 4 is 22.8 Å². The Morgan fingerprint density at radius 3 is 2.18 bits per heavy atom. The van der Waals surface area contributed by atoms with Gasteiger partial charge in [-0.1, -0.05) is 91.0 Å². The first-order valence-electron chi connectivity index (χ1n) is 11.4. The molecule has 33 heavy (non-hydrogen) atoms. The maximum atomic E-state index is 12.7. The summed E-state index contributed by atoms with van der Waals surface area (Å²) in [5.41, 5.74) is 4.68. The Hall–Kier alpha value is -4.12. The summed E-state index contributed by atoms with van der Waals surface area (Å²) in [4.78, 5) is 24.6. The molecule has 4 aromatic carbocycles. The lowest BCUT2D eigenvalue weighted by atomic mass is 9.98. The van der Waals surface area contributed by atoms with Crippen molar-refractivity contribution in [2.75, 3.05) is 6.58 Å². The van der Waals surface area contributed by atoms with Crippen molar-refractivity contribution in [3.8, 4) is 11.1 Å². The molecule has 0 aliphatic heterocycles. The van der Waals surface area contributed by atoms with Gasteiger partial charge < -0.3 is 15.2 Å². The van der Waals surface area contributed by atoms with Crippen LogP contribution in [-0.2, 0) is 16.0 Å². The Morgan fingerprint density at radius 1 is 0.879 bits per heavy atom. The summed E-state index contributed by atoms with van der Waals surface area (Å²) in [7, 11) is 0. The van der Waals surface area contributed by atoms with Crippen LogP contribution in [0.5, 0.6) is 0 Å². The van der Waals surface area contributed by atoms with Gasteiger partial charge in [0, 0.05) is 12.3 Å². The van der Waals surface area contributed by atoms with Crippen LogP contribution >= 0.6 is 0 Å². The molecule has 2 N–H and O–H groups in total. The second-order valence-electron chi connectivity index (χ2n) is 8.07. The number of nitrogens with one attached hydrogen (secondary N) is 1. The largest absolute Gasteiger partial charge is 0.480 e. The number of carboxylic acid groups (broad SMARTS) is 1. The van der Waals surface area contributed by atoms with Crippen molar-refractivity contribution in [3.05, 3.63) is 108 Å². The second kappa shape index (κ2) is 8.79. The van der Waals surface area contributed by atoms with E-state index in [4.69, 9.17) is 6.11 Å². The third-order valence-electron chi connectivity index (χ3n) is 6.09. The molecule has 0 saturated carbocycles. The standard InChI is InChI=1S/C28H23NO4/c30-27(31)26(16-19-10-7-9-18-8-1-2-11-20(18)19)29-28(32)33-17-25-23-14-5-3-12-21(23)22-13-4-6-15-24(22)25/h1-15,25-26H,16-17H2,(H,29,32)(H,30,31)/t26-/m0/s1/i17D/t17?,26-. The molecule has 0 fully saturated rings. The molecule has 1 aliphatic rings. The average Bonchev–Trinajstić information content (AvgIpc) is 3.18. The number of amides is 1. The number of fused-ring (bicyclic) bond motifs is 4. The number of carbonyl (C=O) groups is 2. The Balaban J connectivity index is 1.33. The number of rotatable bonds is 6. The number of hydrogen-bond acceptors (Lipinski definition) is 3. The van der Waals surface area contributed by atoms with E-state index < -0.39 is 30.6 Å². The maximum absolute atomic E-state index is 12.7. The zero-order valence-corrected chi connectivity index (χ0v) is 17.8. The zero-order chi connectivity index (χ0) is 23.7. The van der Waals surface area contributed by atoms with Gasteiger partial charge in [0.15, 0.2) is 0 Å². The Kier molecular flexibility index (Phi) is 5.21. The van der Waals surface area contributed by atoms with Crippen LogP contribution in [0.25, 0.3) is 21.9 Å². The first-order chi connectivity index (χ1) is 16.5. The van der Waals surface area contributed by atoms with E-state index in [0.29, 0.717) is 0 Å². The molecule has 5 nitrogen and oxygen atoms in total. The molecule has 4 aromatic rings. The fourth-order valence-corrected chi connectivity index (χ4v) is 4.54. The Labute approximate surface area is 193 Å². The fourth-order valence-electron chi connectivity index (χ4n) is 4.54. The third-order valence-corrected chi connectivity index (χ3v) is 6.09. The predicted octanol–water partition coefficient (Wildman–Crippen LogP) is 5.37. The highest BCUT2D eigenvalue weighted by Crippen LogP contribution is 2.44. The molecule has 1 unspecified atom stereocenters. The monoisotopic (exact) mass is 438 g/mol. The number of alkyl carbamates (subject to hydrolysis) is 1. The van der Waals surface area contributed by atoms with Crippen LogP contribution in [0.1, 0.15) is 24.0 Å². The number of benzene rings is 4. The molecule has 5 rings (SSSR count). The zero-order valence-electron chi connectivity index (χ0n) is 18.8. The van der Waals surface area contributed by atoms with Crippen LogP contribution < -0.4 is 5.32 Å². The van der Waals surface area contributed by atoms with Gasteiger partial charge in [0.05, 0.1) is 1.37 Å². The third kappa shape index (κ3) is 4.05. The van der Waals surface area contributed by atoms with Crippen molar-refractivity contribution in [3.63, 3.8) is 0 Å². The van der Waals surface area contributed by atoms with Crippen molar-refractivity contribution in [2.24, 2.45) is 0 Å². The first-order valence-corrected chi connectivity index (χ1v) is 10.8. The van der Waals surface area contributed by atoms with Gasteiger partial charge in [0.1, 0.15) is 12.6 Å². The van der Waals surface area contributed by atoms with E-state index >= 15 is 0 Å². The molecule has 0 bridgehead atoms. The number of aliphatic carboxylic acids is 1. The Morgan fingerprint density at radius 2 is 1.48 bits per heavy atom. The van der Waals surface area contributed by atoms with Crippen LogP contribution in [0.3, 0.4) is 0 Å². The van der Waals surface area contributed by atoms with E-state index in [1.54, 1.807) is 0 Å². The lowest BCUT2D eigenvalue weighted by molar-refractivity contribution is -0.139. The minimum absolute atomic E-state index is 0.101. The van der Waals surface area contributed by atoms with Gasteiger partial charge in [-0.25, -0.2) is 9.59 Å². The lowest BCUT2D eigenvalue weighted by Gasteiger charge is -2.18. The average molecular weight is 439 g/mol. The van der Waals surface area contributed by atoms with Crippen LogP contribution in [-0.4, -0.2) is 29.8 Å². The van der Waals surface area contributed by atoms with Crippen molar-refractivity contribution in [1.29, 1.82) is 0 Å². The van der Waals surface area contributed by atoms with Crippen molar-refractivity contribution in [1.82, 2.24) is 5.32 Å². The van der Waals surface area contributed by atoms with E-state index in [-0.39, 0.29) is 6.42 Å². The second-order valence-corrected chi connectivity index (χ2v) is 8.07. The molecule has 0 heterocycles. The topological polar surface area (TPSA) is 75.6 Å². The smallest absolute Gasteiger partial charge is 0.407 e. The van der Waals surface area contributed by atoms with Gasteiger partial charge in [-0.05, 0) is 38.6 Å². The van der Waals surface area contributed by atoms with E-state index in [9.17, 15) is 14.7 Å². The van der Waals surface area contributed by atoms with Crippen molar-refractivity contribution < 1.29 is 20.8 Å². The summed E-state index contributed by atoms with van der Waals surface area (Å²) in [5, 5.41) is 14.1. The molecule has 164 valence electrons. The highest BCUT2D eigenvalue weighted by atomic mass is 16.5. The van der Waals surface area contributed by atoms with Gasteiger partial charge in [-0.2, -0.15) is 0 Å². The molecular weight excluding hydrogens is 414 g/mol. The maximum Gasteiger partial charge on any atom is 0.407 e. The summed E-state index contributed by atoms with van der Waals surface area (Å²) in [6.07, 6.45) is -0.821. The molecule has 0 spiro atoms. The van der Waals surface area contributed by atoms with Crippen LogP contribution in [0.2, 0.25) is 0 Å². The van der Waals surface area contributed by atoms with Gasteiger partial charge in [-0.3, -0.25) is 0 Å². The van der Waals surface area contributed by atoms with Crippen LogP contribution in [0.4, 0.5) is 4.79 Å². The lowest BCUT2D eigenvalue weighted by Crippen LogP contribution is -2.43. The normalized spacial score (nSPS) is 14.6. The van der Waals surface area contributed by atoms with Crippen LogP contribution in [0, 0.1) is 0 Å². The SMILES string of the molecule is [2H]C(OC(=O)N[C@@H](Cc1cccc2ccccc12)C(=O)O)C1c2ccccc2-c2ccccc21. The minimum Gasteiger partial charge on any atom is -0.480 e. The molecular formula is C28H23NO4. The highest BCUT2D eigenvalue weighted by molar-refractivity contribution is 5.87. The van der Waals surface area contributed by atoms with E-state index in [1.165, 1.54) is 0 Å². The number of hydrogen-bond donors (Lipinski definition) is 2. The quantitative estimate of drug-likeness (QED) is 0.424. The van der Waals surface area contributed by atoms with Gasteiger partial charge >= 0.3 is 12.1 Å². The molecule has 1 aliphatic carbocycles. The molecule has 0 saturated heterocycles. The first kappa shape index (κ1) is 19.6. The van der Waals surface area contributed by atoms with Gasteiger partial charge in [-0.15, -0.1) is 0 Å². The van der Waals surface area contributed by atoms with E-state index in [1.807, 2.05) is 91.0 Å². The summed E-state index contributed by atoms with van der Waals surface area (Å²) < 4.78 is 14.0. The summed E-state index contributed by atoms with van der Waals surface area (Å²) in [6, 6.07) is 27.7. The molecule has 0 radical (unpaired) electrons. The Bertz CT molecular complexity index is 1330. The minimum atomic E-state index is -1.23. The fraction of sp³-hybridized carbons (Fsp3) is 0.143.